The number of hydrogen-bond acceptors (Lipinski definition) is 4. The molecule has 0 aromatic heterocycles. The molecule has 0 saturated carbocycles. The molecule has 1 saturated heterocycles. The van der Waals surface area contributed by atoms with Gasteiger partial charge in [-0.05, 0) is 17.9 Å². The standard InChI is InChI=1S/C17H28F3N3O2S/c1-10-13(15(2,3)4)12-8-11(22-26(24,25)17(18,19)20)9-23(12)14(21-10)16(5,6)7/h10-11,22H,8-9H2,1-7H3/t10-,11-/m0/s1. The Kier molecular flexibility index (Phi) is 5.08. The zero-order valence-electron chi connectivity index (χ0n) is 16.3. The first-order valence-electron chi connectivity index (χ1n) is 8.63. The van der Waals surface area contributed by atoms with E-state index in [1.165, 1.54) is 0 Å². The molecule has 0 amide bonds. The molecule has 0 aromatic rings. The van der Waals surface area contributed by atoms with Gasteiger partial charge in [-0.2, -0.15) is 13.2 Å². The van der Waals surface area contributed by atoms with E-state index in [0.29, 0.717) is 0 Å². The Morgan fingerprint density at radius 3 is 2.04 bits per heavy atom. The van der Waals surface area contributed by atoms with Gasteiger partial charge < -0.3 is 4.90 Å². The maximum absolute atomic E-state index is 12.8. The molecule has 2 aliphatic rings. The minimum absolute atomic E-state index is 0.103. The van der Waals surface area contributed by atoms with Gasteiger partial charge in [-0.3, -0.25) is 4.99 Å². The molecule has 2 atom stereocenters. The van der Waals surface area contributed by atoms with E-state index in [4.69, 9.17) is 4.99 Å². The van der Waals surface area contributed by atoms with Crippen LogP contribution >= 0.6 is 0 Å². The van der Waals surface area contributed by atoms with Crippen molar-refractivity contribution in [3.63, 3.8) is 0 Å². The fraction of sp³-hybridized carbons (Fsp3) is 0.824. The first-order valence-corrected chi connectivity index (χ1v) is 10.1. The molecule has 1 fully saturated rings. The maximum Gasteiger partial charge on any atom is 0.511 e. The predicted molar refractivity (Wildman–Crippen MR) is 96.1 cm³/mol. The van der Waals surface area contributed by atoms with E-state index in [0.717, 1.165) is 17.1 Å². The molecule has 26 heavy (non-hydrogen) atoms. The summed E-state index contributed by atoms with van der Waals surface area (Å²) in [6.45, 7) is 14.2. The summed E-state index contributed by atoms with van der Waals surface area (Å²) < 4.78 is 63.1. The number of aliphatic imine (C=N–C) groups is 1. The molecule has 150 valence electrons. The highest BCUT2D eigenvalue weighted by molar-refractivity contribution is 7.90. The van der Waals surface area contributed by atoms with Crippen molar-refractivity contribution >= 4 is 15.9 Å². The van der Waals surface area contributed by atoms with Crippen molar-refractivity contribution in [3.8, 4) is 0 Å². The predicted octanol–water partition coefficient (Wildman–Crippen LogP) is 3.65. The number of nitrogens with one attached hydrogen (secondary N) is 1. The fourth-order valence-electron chi connectivity index (χ4n) is 3.79. The number of alkyl halides is 3. The third kappa shape index (κ3) is 3.93. The lowest BCUT2D eigenvalue weighted by Crippen LogP contribution is -2.46. The molecule has 2 heterocycles. The van der Waals surface area contributed by atoms with Crippen LogP contribution in [0.2, 0.25) is 0 Å². The van der Waals surface area contributed by atoms with Crippen LogP contribution in [0.4, 0.5) is 13.2 Å². The average molecular weight is 395 g/mol. The first kappa shape index (κ1) is 21.2. The summed E-state index contributed by atoms with van der Waals surface area (Å²) in [6, 6.07) is -0.944. The zero-order chi connectivity index (χ0) is 20.3. The van der Waals surface area contributed by atoms with Crippen LogP contribution in [0, 0.1) is 10.8 Å². The van der Waals surface area contributed by atoms with E-state index < -0.39 is 21.6 Å². The molecule has 0 unspecified atom stereocenters. The second kappa shape index (κ2) is 6.22. The fourth-order valence-corrected chi connectivity index (χ4v) is 4.52. The third-order valence-corrected chi connectivity index (χ3v) is 5.83. The zero-order valence-corrected chi connectivity index (χ0v) is 17.1. The maximum atomic E-state index is 12.8. The van der Waals surface area contributed by atoms with Gasteiger partial charge in [0.15, 0.2) is 0 Å². The van der Waals surface area contributed by atoms with Gasteiger partial charge in [-0.15, -0.1) is 0 Å². The molecular weight excluding hydrogens is 367 g/mol. The van der Waals surface area contributed by atoms with Gasteiger partial charge >= 0.3 is 15.5 Å². The number of nitrogens with zero attached hydrogens (tertiary/aromatic N) is 2. The van der Waals surface area contributed by atoms with Crippen molar-refractivity contribution < 1.29 is 21.6 Å². The SMILES string of the molecule is C[C@@H]1N=C(C(C)(C)C)N2C[C@@H](NS(=O)(=O)C(F)(F)F)CC2=C1C(C)(C)C. The minimum atomic E-state index is -5.38. The molecule has 0 radical (unpaired) electrons. The van der Waals surface area contributed by atoms with Gasteiger partial charge in [0.25, 0.3) is 0 Å². The van der Waals surface area contributed by atoms with Crippen molar-refractivity contribution in [2.75, 3.05) is 6.54 Å². The lowest BCUT2D eigenvalue weighted by atomic mass is 9.79. The molecule has 0 bridgehead atoms. The Labute approximate surface area is 153 Å². The van der Waals surface area contributed by atoms with Gasteiger partial charge in [0.1, 0.15) is 5.84 Å². The van der Waals surface area contributed by atoms with Crippen LogP contribution in [0.5, 0.6) is 0 Å². The van der Waals surface area contributed by atoms with Crippen molar-refractivity contribution in [1.82, 2.24) is 9.62 Å². The first-order chi connectivity index (χ1) is 11.4. The number of sulfonamides is 1. The van der Waals surface area contributed by atoms with Gasteiger partial charge in [-0.1, -0.05) is 41.5 Å². The molecule has 0 spiro atoms. The Bertz CT molecular complexity index is 741. The molecule has 9 heteroatoms. The van der Waals surface area contributed by atoms with E-state index in [-0.39, 0.29) is 29.8 Å². The highest BCUT2D eigenvalue weighted by atomic mass is 32.2. The van der Waals surface area contributed by atoms with E-state index in [1.54, 1.807) is 0 Å². The second-order valence-corrected chi connectivity index (χ2v) is 10.8. The molecule has 5 nitrogen and oxygen atoms in total. The van der Waals surface area contributed by atoms with Crippen LogP contribution in [0.25, 0.3) is 0 Å². The Morgan fingerprint density at radius 2 is 1.62 bits per heavy atom. The third-order valence-electron chi connectivity index (χ3n) is 4.57. The molecule has 2 rings (SSSR count). The summed E-state index contributed by atoms with van der Waals surface area (Å²) in [5.41, 5.74) is -3.91. The Morgan fingerprint density at radius 1 is 1.08 bits per heavy atom. The minimum Gasteiger partial charge on any atom is -0.332 e. The summed E-state index contributed by atoms with van der Waals surface area (Å²) in [4.78, 5) is 6.72. The molecule has 0 aliphatic carbocycles. The second-order valence-electron chi connectivity index (χ2n) is 9.07. The lowest BCUT2D eigenvalue weighted by molar-refractivity contribution is -0.0450. The lowest BCUT2D eigenvalue weighted by Gasteiger charge is -2.41. The van der Waals surface area contributed by atoms with Crippen molar-refractivity contribution in [1.29, 1.82) is 0 Å². The number of amidine groups is 1. The summed E-state index contributed by atoms with van der Waals surface area (Å²) in [5, 5.41) is 0. The highest BCUT2D eigenvalue weighted by Crippen LogP contribution is 2.43. The average Bonchev–Trinajstić information content (AvgIpc) is 2.74. The van der Waals surface area contributed by atoms with Gasteiger partial charge in [0.05, 0.1) is 6.04 Å². The van der Waals surface area contributed by atoms with Gasteiger partial charge in [-0.25, -0.2) is 13.1 Å². The van der Waals surface area contributed by atoms with E-state index in [2.05, 4.69) is 0 Å². The smallest absolute Gasteiger partial charge is 0.332 e. The quantitative estimate of drug-likeness (QED) is 0.776. The molecule has 1 N–H and O–H groups in total. The highest BCUT2D eigenvalue weighted by Gasteiger charge is 2.49. The summed E-state index contributed by atoms with van der Waals surface area (Å²) >= 11 is 0. The van der Waals surface area contributed by atoms with E-state index in [9.17, 15) is 21.6 Å². The summed E-state index contributed by atoms with van der Waals surface area (Å²) in [5.74, 6) is 0.779. The van der Waals surface area contributed by atoms with Crippen LogP contribution in [-0.2, 0) is 10.0 Å². The van der Waals surface area contributed by atoms with Crippen LogP contribution in [0.15, 0.2) is 16.3 Å². The number of rotatable bonds is 2. The largest absolute Gasteiger partial charge is 0.511 e. The molecule has 2 aliphatic heterocycles. The van der Waals surface area contributed by atoms with Gasteiger partial charge in [0.2, 0.25) is 0 Å². The number of hydrogen-bond donors (Lipinski definition) is 1. The Hall–Kier alpha value is -1.09. The van der Waals surface area contributed by atoms with E-state index in [1.807, 2.05) is 58.1 Å². The number of fused-ring (bicyclic) bond motifs is 1. The summed E-state index contributed by atoms with van der Waals surface area (Å²) in [7, 11) is -5.38. The number of halogens is 3. The van der Waals surface area contributed by atoms with Crippen LogP contribution in [0.1, 0.15) is 54.9 Å². The Balaban J connectivity index is 2.46. The van der Waals surface area contributed by atoms with Crippen molar-refractivity contribution in [2.24, 2.45) is 15.8 Å². The summed E-state index contributed by atoms with van der Waals surface area (Å²) in [6.07, 6.45) is 0.224. The monoisotopic (exact) mass is 395 g/mol. The van der Waals surface area contributed by atoms with Crippen LogP contribution < -0.4 is 4.72 Å². The van der Waals surface area contributed by atoms with Crippen LogP contribution in [-0.4, -0.2) is 43.3 Å². The molecule has 0 aromatic carbocycles. The van der Waals surface area contributed by atoms with Crippen molar-refractivity contribution in [2.45, 2.75) is 72.5 Å². The molecular formula is C17H28F3N3O2S. The van der Waals surface area contributed by atoms with Crippen LogP contribution in [0.3, 0.4) is 0 Å². The van der Waals surface area contributed by atoms with E-state index >= 15 is 0 Å². The van der Waals surface area contributed by atoms with Gasteiger partial charge in [0, 0.05) is 30.1 Å². The topological polar surface area (TPSA) is 61.8 Å². The normalized spacial score (nSPS) is 25.5. The van der Waals surface area contributed by atoms with Crippen molar-refractivity contribution in [3.05, 3.63) is 11.3 Å².